The Morgan fingerprint density at radius 2 is 1.78 bits per heavy atom. The zero-order chi connectivity index (χ0) is 21.9. The minimum Gasteiger partial charge on any atom is -0.369 e. The average Bonchev–Trinajstić information content (AvgIpc) is 2.83. The quantitative estimate of drug-likeness (QED) is 0.522. The van der Waals surface area contributed by atoms with Crippen LogP contribution in [0.3, 0.4) is 0 Å². The van der Waals surface area contributed by atoms with E-state index in [0.717, 1.165) is 65.4 Å². The standard InChI is InChI=1S/C25H27N7/c1-18-13-20(7-8-26-18)23-6-3-19(15-27-23)16-28-25-22-5-4-21(14-24(22)29-17-30-25)32-11-9-31(2)10-12-32/h3-8,13-15,17H,9-12,16H2,1-2H3,(H,28,29,30). The second-order valence-corrected chi connectivity index (χ2v) is 8.31. The third kappa shape index (κ3) is 4.38. The van der Waals surface area contributed by atoms with E-state index >= 15 is 0 Å². The van der Waals surface area contributed by atoms with Crippen molar-refractivity contribution in [2.24, 2.45) is 0 Å². The van der Waals surface area contributed by atoms with Gasteiger partial charge in [-0.3, -0.25) is 9.97 Å². The molecule has 1 N–H and O–H groups in total. The fraction of sp³-hybridized carbons (Fsp3) is 0.280. The molecule has 7 heteroatoms. The lowest BCUT2D eigenvalue weighted by atomic mass is 10.1. The average molecular weight is 426 g/mol. The predicted molar refractivity (Wildman–Crippen MR) is 129 cm³/mol. The lowest BCUT2D eigenvalue weighted by molar-refractivity contribution is 0.313. The highest BCUT2D eigenvalue weighted by Crippen LogP contribution is 2.26. The van der Waals surface area contributed by atoms with Crippen molar-refractivity contribution >= 4 is 22.4 Å². The summed E-state index contributed by atoms with van der Waals surface area (Å²) in [5.41, 5.74) is 6.29. The topological polar surface area (TPSA) is 70.1 Å². The highest BCUT2D eigenvalue weighted by molar-refractivity contribution is 5.91. The number of hydrogen-bond donors (Lipinski definition) is 1. The molecule has 1 saturated heterocycles. The molecule has 162 valence electrons. The Bertz CT molecular complexity index is 1210. The Morgan fingerprint density at radius 3 is 2.56 bits per heavy atom. The molecule has 0 aliphatic carbocycles. The zero-order valence-electron chi connectivity index (χ0n) is 18.5. The number of hydrogen-bond acceptors (Lipinski definition) is 7. The monoisotopic (exact) mass is 425 g/mol. The number of aromatic nitrogens is 4. The molecule has 1 aromatic carbocycles. The Kier molecular flexibility index (Phi) is 5.64. The van der Waals surface area contributed by atoms with Gasteiger partial charge in [0.2, 0.25) is 0 Å². The smallest absolute Gasteiger partial charge is 0.137 e. The molecule has 0 unspecified atom stereocenters. The third-order valence-corrected chi connectivity index (χ3v) is 5.97. The maximum Gasteiger partial charge on any atom is 0.137 e. The molecule has 0 amide bonds. The van der Waals surface area contributed by atoms with E-state index in [-0.39, 0.29) is 0 Å². The number of pyridine rings is 2. The summed E-state index contributed by atoms with van der Waals surface area (Å²) in [4.78, 5) is 22.7. The highest BCUT2D eigenvalue weighted by Gasteiger charge is 2.15. The van der Waals surface area contributed by atoms with Gasteiger partial charge in [-0.1, -0.05) is 6.07 Å². The maximum absolute atomic E-state index is 4.62. The van der Waals surface area contributed by atoms with Gasteiger partial charge in [-0.2, -0.15) is 0 Å². The second-order valence-electron chi connectivity index (χ2n) is 8.31. The molecular formula is C25H27N7. The van der Waals surface area contributed by atoms with Crippen LogP contribution < -0.4 is 10.2 Å². The summed E-state index contributed by atoms with van der Waals surface area (Å²) in [6, 6.07) is 14.6. The van der Waals surface area contributed by atoms with Crippen LogP contribution in [0.1, 0.15) is 11.3 Å². The van der Waals surface area contributed by atoms with E-state index in [0.29, 0.717) is 6.54 Å². The van der Waals surface area contributed by atoms with Crippen molar-refractivity contribution in [3.63, 3.8) is 0 Å². The van der Waals surface area contributed by atoms with Gasteiger partial charge in [-0.15, -0.1) is 0 Å². The fourth-order valence-electron chi connectivity index (χ4n) is 4.04. The summed E-state index contributed by atoms with van der Waals surface area (Å²) in [5, 5.41) is 4.49. The minimum atomic E-state index is 0.648. The van der Waals surface area contributed by atoms with Gasteiger partial charge in [0.25, 0.3) is 0 Å². The zero-order valence-corrected chi connectivity index (χ0v) is 18.5. The SMILES string of the molecule is Cc1cc(-c2ccc(CNc3ncnc4cc(N5CCN(C)CC5)ccc34)cn2)ccn1. The number of benzene rings is 1. The molecule has 4 aromatic rings. The first kappa shape index (κ1) is 20.3. The van der Waals surface area contributed by atoms with Crippen LogP contribution in [0.15, 0.2) is 61.2 Å². The third-order valence-electron chi connectivity index (χ3n) is 5.97. The van der Waals surface area contributed by atoms with Gasteiger partial charge >= 0.3 is 0 Å². The summed E-state index contributed by atoms with van der Waals surface area (Å²) in [7, 11) is 2.17. The van der Waals surface area contributed by atoms with Crippen LogP contribution in [0.4, 0.5) is 11.5 Å². The predicted octanol–water partition coefficient (Wildman–Crippen LogP) is 3.76. The van der Waals surface area contributed by atoms with E-state index in [1.54, 1.807) is 6.33 Å². The van der Waals surface area contributed by atoms with Crippen molar-refractivity contribution in [2.75, 3.05) is 43.4 Å². The molecule has 1 aliphatic heterocycles. The summed E-state index contributed by atoms with van der Waals surface area (Å²) in [6.07, 6.45) is 5.36. The van der Waals surface area contributed by atoms with Crippen LogP contribution in [0.25, 0.3) is 22.2 Å². The van der Waals surface area contributed by atoms with E-state index in [2.05, 4.69) is 66.4 Å². The summed E-state index contributed by atoms with van der Waals surface area (Å²) in [5.74, 6) is 0.841. The maximum atomic E-state index is 4.62. The van der Waals surface area contributed by atoms with Gasteiger partial charge in [0.15, 0.2) is 0 Å². The number of rotatable bonds is 5. The van der Waals surface area contributed by atoms with Crippen molar-refractivity contribution < 1.29 is 0 Å². The van der Waals surface area contributed by atoms with Gasteiger partial charge in [-0.05, 0) is 55.9 Å². The normalized spacial score (nSPS) is 14.6. The van der Waals surface area contributed by atoms with Gasteiger partial charge in [0, 0.05) is 67.4 Å². The van der Waals surface area contributed by atoms with Crippen LogP contribution in [0.5, 0.6) is 0 Å². The molecule has 0 bridgehead atoms. The van der Waals surface area contributed by atoms with Gasteiger partial charge in [0.05, 0.1) is 11.2 Å². The van der Waals surface area contributed by atoms with E-state index in [1.807, 2.05) is 37.5 Å². The highest BCUT2D eigenvalue weighted by atomic mass is 15.2. The lowest BCUT2D eigenvalue weighted by Gasteiger charge is -2.34. The first-order chi connectivity index (χ1) is 15.7. The summed E-state index contributed by atoms with van der Waals surface area (Å²) in [6.45, 7) is 6.89. The van der Waals surface area contributed by atoms with Crippen molar-refractivity contribution in [1.29, 1.82) is 0 Å². The van der Waals surface area contributed by atoms with Crippen LogP contribution in [0.2, 0.25) is 0 Å². The van der Waals surface area contributed by atoms with E-state index in [9.17, 15) is 0 Å². The molecule has 7 nitrogen and oxygen atoms in total. The number of anilines is 2. The molecule has 0 radical (unpaired) electrons. The lowest BCUT2D eigenvalue weighted by Crippen LogP contribution is -2.44. The summed E-state index contributed by atoms with van der Waals surface area (Å²) < 4.78 is 0. The summed E-state index contributed by atoms with van der Waals surface area (Å²) >= 11 is 0. The molecule has 32 heavy (non-hydrogen) atoms. The fourth-order valence-corrected chi connectivity index (χ4v) is 4.04. The molecule has 0 spiro atoms. The molecule has 4 heterocycles. The molecule has 0 atom stereocenters. The molecule has 1 aliphatic rings. The van der Waals surface area contributed by atoms with Crippen molar-refractivity contribution in [2.45, 2.75) is 13.5 Å². The van der Waals surface area contributed by atoms with Crippen molar-refractivity contribution in [3.05, 3.63) is 72.4 Å². The number of likely N-dealkylation sites (N-methyl/N-ethyl adjacent to an activating group) is 1. The van der Waals surface area contributed by atoms with Gasteiger partial charge in [0.1, 0.15) is 12.1 Å². The Hall–Kier alpha value is -3.58. The first-order valence-electron chi connectivity index (χ1n) is 11.0. The van der Waals surface area contributed by atoms with Crippen LogP contribution in [-0.4, -0.2) is 58.1 Å². The van der Waals surface area contributed by atoms with Crippen LogP contribution in [-0.2, 0) is 6.54 Å². The largest absolute Gasteiger partial charge is 0.369 e. The Labute approximate surface area is 188 Å². The molecule has 5 rings (SSSR count). The number of fused-ring (bicyclic) bond motifs is 1. The van der Waals surface area contributed by atoms with Gasteiger partial charge in [-0.25, -0.2) is 9.97 Å². The molecule has 3 aromatic heterocycles. The number of nitrogens with one attached hydrogen (secondary N) is 1. The molecule has 0 saturated carbocycles. The van der Waals surface area contributed by atoms with Crippen molar-refractivity contribution in [3.8, 4) is 11.3 Å². The van der Waals surface area contributed by atoms with E-state index in [1.165, 1.54) is 5.69 Å². The minimum absolute atomic E-state index is 0.648. The Balaban J connectivity index is 1.30. The van der Waals surface area contributed by atoms with Crippen molar-refractivity contribution in [1.82, 2.24) is 24.8 Å². The van der Waals surface area contributed by atoms with Crippen LogP contribution in [0, 0.1) is 6.92 Å². The number of aryl methyl sites for hydroxylation is 1. The first-order valence-corrected chi connectivity index (χ1v) is 11.0. The van der Waals surface area contributed by atoms with E-state index < -0.39 is 0 Å². The molecular weight excluding hydrogens is 398 g/mol. The van der Waals surface area contributed by atoms with Gasteiger partial charge < -0.3 is 15.1 Å². The second kappa shape index (κ2) is 8.88. The van der Waals surface area contributed by atoms with E-state index in [4.69, 9.17) is 0 Å². The molecule has 1 fully saturated rings. The number of piperazine rings is 1. The number of nitrogens with zero attached hydrogens (tertiary/aromatic N) is 6. The van der Waals surface area contributed by atoms with Crippen LogP contribution >= 0.6 is 0 Å². The Morgan fingerprint density at radius 1 is 0.906 bits per heavy atom.